The fourth-order valence-corrected chi connectivity index (χ4v) is 3.12. The molecule has 2 bridgehead atoms. The Morgan fingerprint density at radius 3 is 2.29 bits per heavy atom. The summed E-state index contributed by atoms with van der Waals surface area (Å²) in [6.07, 6.45) is 3.34. The number of hydroxylamine groups is 1. The van der Waals surface area contributed by atoms with Crippen molar-refractivity contribution in [2.45, 2.75) is 70.2 Å². The van der Waals surface area contributed by atoms with Crippen molar-refractivity contribution in [1.29, 1.82) is 0 Å². The highest BCUT2D eigenvalue weighted by Crippen LogP contribution is 2.36. The second-order valence-electron chi connectivity index (χ2n) is 6.81. The molecule has 0 aliphatic carbocycles. The molecular weight excluding hydrogens is 274 g/mol. The summed E-state index contributed by atoms with van der Waals surface area (Å²) in [6, 6.07) is 0.488. The van der Waals surface area contributed by atoms with Crippen molar-refractivity contribution in [2.24, 2.45) is 5.73 Å². The third kappa shape index (κ3) is 4.31. The number of amides is 2. The van der Waals surface area contributed by atoms with Crippen molar-refractivity contribution in [1.82, 2.24) is 10.4 Å². The Balaban J connectivity index is 1.87. The first-order chi connectivity index (χ1) is 9.76. The van der Waals surface area contributed by atoms with Crippen LogP contribution in [-0.4, -0.2) is 47.2 Å². The highest BCUT2D eigenvalue weighted by atomic mass is 16.6. The minimum atomic E-state index is -0.503. The topological polar surface area (TPSA) is 93.9 Å². The zero-order valence-corrected chi connectivity index (χ0v) is 12.9. The van der Waals surface area contributed by atoms with E-state index in [4.69, 9.17) is 15.3 Å². The number of rotatable bonds is 4. The van der Waals surface area contributed by atoms with E-state index in [1.54, 1.807) is 0 Å². The van der Waals surface area contributed by atoms with Crippen molar-refractivity contribution >= 4 is 12.0 Å². The van der Waals surface area contributed by atoms with Crippen LogP contribution in [0.2, 0.25) is 0 Å². The smallest absolute Gasteiger partial charge is 0.410 e. The maximum Gasteiger partial charge on any atom is 0.410 e. The Kier molecular flexibility index (Phi) is 4.73. The van der Waals surface area contributed by atoms with E-state index in [9.17, 15) is 9.59 Å². The van der Waals surface area contributed by atoms with Crippen LogP contribution in [-0.2, 0) is 14.4 Å². The number of carbonyl (C=O) groups excluding carboxylic acids is 2. The van der Waals surface area contributed by atoms with Crippen molar-refractivity contribution in [3.8, 4) is 0 Å². The Morgan fingerprint density at radius 2 is 1.81 bits per heavy atom. The Morgan fingerprint density at radius 1 is 1.24 bits per heavy atom. The van der Waals surface area contributed by atoms with E-state index in [0.717, 1.165) is 25.7 Å². The summed E-state index contributed by atoms with van der Waals surface area (Å²) in [7, 11) is 0. The van der Waals surface area contributed by atoms with Crippen molar-refractivity contribution < 1.29 is 19.2 Å². The molecule has 2 heterocycles. The maximum absolute atomic E-state index is 12.3. The standard InChI is InChI=1S/C14H25N3O4/c1-14(2,3)21-13(19)17-10-4-5-11(17)7-9(6-10)16-20-8-12(15)18/h9-11,16H,4-8H2,1-3H3,(H2,15,18). The number of nitrogens with zero attached hydrogens (tertiary/aromatic N) is 1. The van der Waals surface area contributed by atoms with Gasteiger partial charge in [0.25, 0.3) is 0 Å². The SMILES string of the molecule is CC(C)(C)OC(=O)N1C2CCC1CC(NOCC(N)=O)C2. The van der Waals surface area contributed by atoms with Crippen molar-refractivity contribution in [3.63, 3.8) is 0 Å². The molecule has 2 aliphatic heterocycles. The third-order valence-electron chi connectivity index (χ3n) is 3.80. The van der Waals surface area contributed by atoms with Gasteiger partial charge in [-0.05, 0) is 46.5 Å². The molecule has 3 N–H and O–H groups in total. The number of ether oxygens (including phenoxy) is 1. The van der Waals surface area contributed by atoms with Crippen molar-refractivity contribution in [3.05, 3.63) is 0 Å². The van der Waals surface area contributed by atoms with Gasteiger partial charge in [0, 0.05) is 18.1 Å². The predicted molar refractivity (Wildman–Crippen MR) is 76.2 cm³/mol. The first-order valence-corrected chi connectivity index (χ1v) is 7.43. The van der Waals surface area contributed by atoms with Gasteiger partial charge in [0.05, 0.1) is 0 Å². The molecule has 0 aromatic carbocycles. The first-order valence-electron chi connectivity index (χ1n) is 7.43. The summed E-state index contributed by atoms with van der Waals surface area (Å²) in [4.78, 5) is 29.9. The van der Waals surface area contributed by atoms with Gasteiger partial charge in [0.2, 0.25) is 5.91 Å². The van der Waals surface area contributed by atoms with Crippen LogP contribution in [0.3, 0.4) is 0 Å². The van der Waals surface area contributed by atoms with Crippen LogP contribution in [0.4, 0.5) is 4.79 Å². The van der Waals surface area contributed by atoms with Gasteiger partial charge in [0.15, 0.2) is 0 Å². The molecule has 0 saturated carbocycles. The lowest BCUT2D eigenvalue weighted by Crippen LogP contribution is -2.52. The molecule has 120 valence electrons. The number of hydrogen-bond donors (Lipinski definition) is 2. The molecule has 2 fully saturated rings. The predicted octanol–water partition coefficient (Wildman–Crippen LogP) is 0.923. The molecule has 2 amide bonds. The molecule has 7 heteroatoms. The second-order valence-corrected chi connectivity index (χ2v) is 6.81. The number of nitrogens with one attached hydrogen (secondary N) is 1. The lowest BCUT2D eigenvalue weighted by Gasteiger charge is -2.39. The lowest BCUT2D eigenvalue weighted by atomic mass is 9.98. The molecule has 2 aliphatic rings. The van der Waals surface area contributed by atoms with Crippen molar-refractivity contribution in [2.75, 3.05) is 6.61 Å². The van der Waals surface area contributed by atoms with Gasteiger partial charge in [-0.25, -0.2) is 4.79 Å². The fraction of sp³-hybridized carbons (Fsp3) is 0.857. The zero-order chi connectivity index (χ0) is 15.6. The highest BCUT2D eigenvalue weighted by Gasteiger charge is 2.44. The minimum absolute atomic E-state index is 0.137. The van der Waals surface area contributed by atoms with Crippen LogP contribution >= 0.6 is 0 Å². The van der Waals surface area contributed by atoms with Gasteiger partial charge in [0.1, 0.15) is 12.2 Å². The second kappa shape index (κ2) is 6.19. The van der Waals surface area contributed by atoms with E-state index >= 15 is 0 Å². The number of piperidine rings is 1. The van der Waals surface area contributed by atoms with Gasteiger partial charge in [-0.3, -0.25) is 9.63 Å². The molecule has 2 atom stereocenters. The average Bonchev–Trinajstić information content (AvgIpc) is 2.59. The molecular formula is C14H25N3O4. The minimum Gasteiger partial charge on any atom is -0.444 e. The van der Waals surface area contributed by atoms with E-state index in [-0.39, 0.29) is 30.8 Å². The Hall–Kier alpha value is -1.34. The van der Waals surface area contributed by atoms with Crippen LogP contribution in [0.15, 0.2) is 0 Å². The Bertz CT molecular complexity index is 394. The summed E-state index contributed by atoms with van der Waals surface area (Å²) in [5.41, 5.74) is 7.43. The number of primary amides is 1. The molecule has 2 saturated heterocycles. The van der Waals surface area contributed by atoms with Gasteiger partial charge >= 0.3 is 6.09 Å². The third-order valence-corrected chi connectivity index (χ3v) is 3.80. The van der Waals surface area contributed by atoms with Crippen LogP contribution in [0.1, 0.15) is 46.5 Å². The number of hydrogen-bond acceptors (Lipinski definition) is 5. The van der Waals surface area contributed by atoms with Gasteiger partial charge in [-0.2, -0.15) is 5.48 Å². The molecule has 21 heavy (non-hydrogen) atoms. The molecule has 0 radical (unpaired) electrons. The lowest BCUT2D eigenvalue weighted by molar-refractivity contribution is -0.126. The number of carbonyl (C=O) groups is 2. The number of fused-ring (bicyclic) bond motifs is 2. The van der Waals surface area contributed by atoms with E-state index in [0.29, 0.717) is 0 Å². The molecule has 0 spiro atoms. The molecule has 2 unspecified atom stereocenters. The van der Waals surface area contributed by atoms with Gasteiger partial charge < -0.3 is 15.4 Å². The van der Waals surface area contributed by atoms with E-state index in [2.05, 4.69) is 5.48 Å². The van der Waals surface area contributed by atoms with Crippen LogP contribution in [0, 0.1) is 0 Å². The summed E-state index contributed by atoms with van der Waals surface area (Å²) < 4.78 is 5.48. The summed E-state index contributed by atoms with van der Waals surface area (Å²) >= 11 is 0. The average molecular weight is 299 g/mol. The summed E-state index contributed by atoms with van der Waals surface area (Å²) in [5, 5.41) is 0. The molecule has 0 aromatic heterocycles. The quantitative estimate of drug-likeness (QED) is 0.753. The monoisotopic (exact) mass is 299 g/mol. The maximum atomic E-state index is 12.3. The molecule has 2 rings (SSSR count). The normalized spacial score (nSPS) is 28.5. The van der Waals surface area contributed by atoms with E-state index in [1.165, 1.54) is 0 Å². The van der Waals surface area contributed by atoms with Crippen LogP contribution in [0.25, 0.3) is 0 Å². The number of nitrogens with two attached hydrogens (primary N) is 1. The summed E-state index contributed by atoms with van der Waals surface area (Å²) in [6.45, 7) is 5.48. The van der Waals surface area contributed by atoms with Crippen LogP contribution < -0.4 is 11.2 Å². The van der Waals surface area contributed by atoms with E-state index < -0.39 is 11.5 Å². The summed E-state index contributed by atoms with van der Waals surface area (Å²) in [5.74, 6) is -0.503. The van der Waals surface area contributed by atoms with Gasteiger partial charge in [-0.1, -0.05) is 0 Å². The molecule has 7 nitrogen and oxygen atoms in total. The Labute approximate surface area is 125 Å². The highest BCUT2D eigenvalue weighted by molar-refractivity contribution is 5.74. The van der Waals surface area contributed by atoms with Crippen LogP contribution in [0.5, 0.6) is 0 Å². The zero-order valence-electron chi connectivity index (χ0n) is 12.9. The van der Waals surface area contributed by atoms with E-state index in [1.807, 2.05) is 25.7 Å². The first kappa shape index (κ1) is 16.0. The largest absolute Gasteiger partial charge is 0.444 e. The van der Waals surface area contributed by atoms with Gasteiger partial charge in [-0.15, -0.1) is 0 Å². The molecule has 0 aromatic rings. The fourth-order valence-electron chi connectivity index (χ4n) is 3.12.